The Morgan fingerprint density at radius 1 is 1.19 bits per heavy atom. The number of rotatable bonds is 5. The SMILES string of the molecule is N#Cc1ccccc1NC(=O)C(=O)NC[C@@H](c1cccs1)N1CCOCC1. The quantitative estimate of drug-likeness (QED) is 0.766. The number of carbonyl (C=O) groups is 2. The van der Waals surface area contributed by atoms with Crippen LogP contribution in [0.2, 0.25) is 0 Å². The molecule has 0 spiro atoms. The van der Waals surface area contributed by atoms with E-state index in [1.54, 1.807) is 35.6 Å². The summed E-state index contributed by atoms with van der Waals surface area (Å²) in [5.41, 5.74) is 0.631. The summed E-state index contributed by atoms with van der Waals surface area (Å²) in [6, 6.07) is 12.5. The maximum atomic E-state index is 12.3. The van der Waals surface area contributed by atoms with Gasteiger partial charge in [-0.3, -0.25) is 14.5 Å². The number of thiophene rings is 1. The topological polar surface area (TPSA) is 94.5 Å². The van der Waals surface area contributed by atoms with Crippen molar-refractivity contribution in [3.63, 3.8) is 0 Å². The van der Waals surface area contributed by atoms with E-state index in [0.717, 1.165) is 18.0 Å². The van der Waals surface area contributed by atoms with Crippen LogP contribution < -0.4 is 10.6 Å². The molecule has 2 aromatic rings. The van der Waals surface area contributed by atoms with Gasteiger partial charge in [-0.25, -0.2) is 0 Å². The van der Waals surface area contributed by atoms with Crippen molar-refractivity contribution < 1.29 is 14.3 Å². The van der Waals surface area contributed by atoms with Crippen LogP contribution in [0.1, 0.15) is 16.5 Å². The Morgan fingerprint density at radius 3 is 2.67 bits per heavy atom. The standard InChI is InChI=1S/C19H20N4O3S/c20-12-14-4-1-2-5-15(14)22-19(25)18(24)21-13-16(17-6-3-11-27-17)23-7-9-26-10-8-23/h1-6,11,16H,7-10,13H2,(H,21,24)(H,22,25)/t16-/m0/s1. The van der Waals surface area contributed by atoms with Crippen LogP contribution in [0, 0.1) is 11.3 Å². The van der Waals surface area contributed by atoms with E-state index in [1.807, 2.05) is 23.6 Å². The molecule has 2 N–H and O–H groups in total. The number of nitrogens with one attached hydrogen (secondary N) is 2. The molecule has 0 radical (unpaired) electrons. The first-order valence-corrected chi connectivity index (χ1v) is 9.50. The number of amides is 2. The van der Waals surface area contributed by atoms with E-state index < -0.39 is 11.8 Å². The third-order valence-corrected chi connectivity index (χ3v) is 5.29. The van der Waals surface area contributed by atoms with Crippen molar-refractivity contribution in [2.24, 2.45) is 0 Å². The van der Waals surface area contributed by atoms with Crippen LogP contribution in [0.3, 0.4) is 0 Å². The second-order valence-electron chi connectivity index (χ2n) is 6.00. The smallest absolute Gasteiger partial charge is 0.313 e. The minimum absolute atomic E-state index is 0.00274. The fraction of sp³-hybridized carbons (Fsp3) is 0.316. The van der Waals surface area contributed by atoms with E-state index in [2.05, 4.69) is 15.5 Å². The fourth-order valence-electron chi connectivity index (χ4n) is 2.92. The molecule has 3 rings (SSSR count). The maximum Gasteiger partial charge on any atom is 0.313 e. The summed E-state index contributed by atoms with van der Waals surface area (Å²) in [6.07, 6.45) is 0. The van der Waals surface area contributed by atoms with Gasteiger partial charge in [0.15, 0.2) is 0 Å². The molecular weight excluding hydrogens is 364 g/mol. The predicted molar refractivity (Wildman–Crippen MR) is 102 cm³/mol. The van der Waals surface area contributed by atoms with Crippen LogP contribution in [0.5, 0.6) is 0 Å². The monoisotopic (exact) mass is 384 g/mol. The molecule has 140 valence electrons. The molecule has 1 aliphatic rings. The molecule has 1 saturated heterocycles. The summed E-state index contributed by atoms with van der Waals surface area (Å²) in [4.78, 5) is 27.8. The van der Waals surface area contributed by atoms with E-state index in [0.29, 0.717) is 31.0 Å². The number of carbonyl (C=O) groups excluding carboxylic acids is 2. The number of nitriles is 1. The van der Waals surface area contributed by atoms with Gasteiger partial charge < -0.3 is 15.4 Å². The fourth-order valence-corrected chi connectivity index (χ4v) is 3.78. The lowest BCUT2D eigenvalue weighted by molar-refractivity contribution is -0.136. The number of hydrogen-bond donors (Lipinski definition) is 2. The highest BCUT2D eigenvalue weighted by atomic mass is 32.1. The molecule has 2 heterocycles. The van der Waals surface area contributed by atoms with Crippen molar-refractivity contribution in [3.8, 4) is 6.07 Å². The Bertz CT molecular complexity index is 826. The largest absolute Gasteiger partial charge is 0.379 e. The molecular formula is C19H20N4O3S. The third-order valence-electron chi connectivity index (χ3n) is 4.32. The van der Waals surface area contributed by atoms with Crippen LogP contribution in [-0.4, -0.2) is 49.6 Å². The summed E-state index contributed by atoms with van der Waals surface area (Å²) in [6.45, 7) is 3.19. The number of nitrogens with zero attached hydrogens (tertiary/aromatic N) is 2. The number of ether oxygens (including phenoxy) is 1. The highest BCUT2D eigenvalue weighted by molar-refractivity contribution is 7.10. The molecule has 8 heteroatoms. The lowest BCUT2D eigenvalue weighted by Gasteiger charge is -2.34. The minimum Gasteiger partial charge on any atom is -0.379 e. The third kappa shape index (κ3) is 4.92. The van der Waals surface area contributed by atoms with E-state index in [-0.39, 0.29) is 6.04 Å². The summed E-state index contributed by atoms with van der Waals surface area (Å²) in [5, 5.41) is 16.3. The van der Waals surface area contributed by atoms with Crippen LogP contribution >= 0.6 is 11.3 Å². The van der Waals surface area contributed by atoms with Gasteiger partial charge in [-0.2, -0.15) is 5.26 Å². The van der Waals surface area contributed by atoms with Gasteiger partial charge in [0.25, 0.3) is 0 Å². The van der Waals surface area contributed by atoms with Crippen molar-refractivity contribution in [3.05, 3.63) is 52.2 Å². The highest BCUT2D eigenvalue weighted by Crippen LogP contribution is 2.25. The van der Waals surface area contributed by atoms with Gasteiger partial charge in [0.05, 0.1) is 30.5 Å². The first-order chi connectivity index (χ1) is 13.2. The molecule has 7 nitrogen and oxygen atoms in total. The van der Waals surface area contributed by atoms with Crippen molar-refractivity contribution in [2.45, 2.75) is 6.04 Å². The number of morpholine rings is 1. The highest BCUT2D eigenvalue weighted by Gasteiger charge is 2.25. The molecule has 0 saturated carbocycles. The summed E-state index contributed by atoms with van der Waals surface area (Å²) in [7, 11) is 0. The average Bonchev–Trinajstić information content (AvgIpc) is 3.23. The average molecular weight is 384 g/mol. The Morgan fingerprint density at radius 2 is 1.96 bits per heavy atom. The molecule has 27 heavy (non-hydrogen) atoms. The van der Waals surface area contributed by atoms with Gasteiger partial charge in [-0.1, -0.05) is 18.2 Å². The zero-order valence-corrected chi connectivity index (χ0v) is 15.5. The van der Waals surface area contributed by atoms with E-state index in [9.17, 15) is 9.59 Å². The van der Waals surface area contributed by atoms with Crippen LogP contribution in [0.15, 0.2) is 41.8 Å². The molecule has 1 aromatic carbocycles. The minimum atomic E-state index is -0.787. The van der Waals surface area contributed by atoms with Gasteiger partial charge in [0.2, 0.25) is 0 Å². The summed E-state index contributed by atoms with van der Waals surface area (Å²) >= 11 is 1.62. The number of hydrogen-bond acceptors (Lipinski definition) is 6. The van der Waals surface area contributed by atoms with Crippen molar-refractivity contribution in [1.29, 1.82) is 5.26 Å². The van der Waals surface area contributed by atoms with Gasteiger partial charge >= 0.3 is 11.8 Å². The van der Waals surface area contributed by atoms with Gasteiger partial charge in [-0.05, 0) is 23.6 Å². The van der Waals surface area contributed by atoms with Gasteiger partial charge in [-0.15, -0.1) is 11.3 Å². The first kappa shape index (κ1) is 19.0. The molecule has 2 amide bonds. The predicted octanol–water partition coefficient (Wildman–Crippen LogP) is 1.75. The Labute approximate surface area is 161 Å². The zero-order valence-electron chi connectivity index (χ0n) is 14.7. The molecule has 0 bridgehead atoms. The van der Waals surface area contributed by atoms with Crippen molar-refractivity contribution >= 4 is 28.8 Å². The van der Waals surface area contributed by atoms with E-state index in [1.165, 1.54) is 0 Å². The van der Waals surface area contributed by atoms with Crippen LogP contribution in [0.25, 0.3) is 0 Å². The zero-order chi connectivity index (χ0) is 19.1. The van der Waals surface area contributed by atoms with E-state index in [4.69, 9.17) is 10.00 Å². The van der Waals surface area contributed by atoms with Gasteiger partial charge in [0, 0.05) is 24.5 Å². The molecule has 0 unspecified atom stereocenters. The molecule has 1 atom stereocenters. The summed E-state index contributed by atoms with van der Waals surface area (Å²) < 4.78 is 5.40. The number of benzene rings is 1. The molecule has 1 aromatic heterocycles. The van der Waals surface area contributed by atoms with Crippen molar-refractivity contribution in [1.82, 2.24) is 10.2 Å². The molecule has 1 fully saturated rings. The second kappa shape index (κ2) is 9.28. The molecule has 1 aliphatic heterocycles. The molecule has 0 aliphatic carbocycles. The van der Waals surface area contributed by atoms with E-state index >= 15 is 0 Å². The van der Waals surface area contributed by atoms with Gasteiger partial charge in [0.1, 0.15) is 6.07 Å². The Hall–Kier alpha value is -2.73. The Balaban J connectivity index is 1.61. The van der Waals surface area contributed by atoms with Crippen molar-refractivity contribution in [2.75, 3.05) is 38.2 Å². The number of para-hydroxylation sites is 1. The maximum absolute atomic E-state index is 12.3. The first-order valence-electron chi connectivity index (χ1n) is 8.62. The Kier molecular flexibility index (Phi) is 6.54. The second-order valence-corrected chi connectivity index (χ2v) is 6.98. The lowest BCUT2D eigenvalue weighted by Crippen LogP contribution is -2.45. The van der Waals surface area contributed by atoms with Crippen LogP contribution in [0.4, 0.5) is 5.69 Å². The normalized spacial score (nSPS) is 15.5. The van der Waals surface area contributed by atoms with Crippen LogP contribution in [-0.2, 0) is 14.3 Å². The lowest BCUT2D eigenvalue weighted by atomic mass is 10.2. The number of anilines is 1. The summed E-state index contributed by atoms with van der Waals surface area (Å²) in [5.74, 6) is -1.51.